The van der Waals surface area contributed by atoms with Crippen LogP contribution in [0.3, 0.4) is 0 Å². The maximum absolute atomic E-state index is 11.3. The molecule has 1 fully saturated rings. The summed E-state index contributed by atoms with van der Waals surface area (Å²) in [6.07, 6.45) is 5.58. The van der Waals surface area contributed by atoms with Crippen LogP contribution >= 0.6 is 0 Å². The molecule has 20 heavy (non-hydrogen) atoms. The number of nitrogens with one attached hydrogen (secondary N) is 1. The van der Waals surface area contributed by atoms with Gasteiger partial charge in [-0.05, 0) is 19.8 Å². The molecule has 1 aromatic rings. The number of nitro groups is 1. The molecule has 0 amide bonds. The lowest BCUT2D eigenvalue weighted by molar-refractivity contribution is -0.385. The summed E-state index contributed by atoms with van der Waals surface area (Å²) >= 11 is 0. The predicted molar refractivity (Wildman–Crippen MR) is 76.5 cm³/mol. The number of hydrogen-bond donors (Lipinski definition) is 2. The summed E-state index contributed by atoms with van der Waals surface area (Å²) < 4.78 is 0. The van der Waals surface area contributed by atoms with Crippen LogP contribution in [0.2, 0.25) is 0 Å². The van der Waals surface area contributed by atoms with Gasteiger partial charge in [-0.25, -0.2) is 10.8 Å². The maximum Gasteiger partial charge on any atom is 0.332 e. The highest BCUT2D eigenvalue weighted by molar-refractivity contribution is 5.62. The number of aryl methyl sites for hydroxylation is 1. The van der Waals surface area contributed by atoms with Crippen molar-refractivity contribution in [2.45, 2.75) is 45.1 Å². The molecule has 1 heterocycles. The second-order valence-electron chi connectivity index (χ2n) is 5.11. The van der Waals surface area contributed by atoms with Gasteiger partial charge in [0.2, 0.25) is 11.8 Å². The number of nitrogens with zero attached hydrogens (tertiary/aromatic N) is 4. The van der Waals surface area contributed by atoms with E-state index in [0.717, 1.165) is 25.7 Å². The van der Waals surface area contributed by atoms with Gasteiger partial charge in [-0.1, -0.05) is 19.3 Å². The van der Waals surface area contributed by atoms with Crippen molar-refractivity contribution in [2.75, 3.05) is 17.4 Å². The zero-order chi connectivity index (χ0) is 14.7. The first-order valence-electron chi connectivity index (χ1n) is 6.77. The lowest BCUT2D eigenvalue weighted by atomic mass is 9.94. The summed E-state index contributed by atoms with van der Waals surface area (Å²) in [5.74, 6) is 5.86. The molecule has 8 nitrogen and oxygen atoms in total. The van der Waals surface area contributed by atoms with Crippen molar-refractivity contribution in [3.63, 3.8) is 0 Å². The second-order valence-corrected chi connectivity index (χ2v) is 5.11. The van der Waals surface area contributed by atoms with E-state index in [1.165, 1.54) is 6.42 Å². The van der Waals surface area contributed by atoms with Crippen molar-refractivity contribution >= 4 is 17.5 Å². The average Bonchev–Trinajstić information content (AvgIpc) is 2.46. The van der Waals surface area contributed by atoms with Crippen LogP contribution in [0.5, 0.6) is 0 Å². The Labute approximate surface area is 117 Å². The summed E-state index contributed by atoms with van der Waals surface area (Å²) in [6.45, 7) is 1.60. The molecule has 0 radical (unpaired) electrons. The minimum atomic E-state index is -0.426. The zero-order valence-corrected chi connectivity index (χ0v) is 11.8. The third-order valence-corrected chi connectivity index (χ3v) is 3.81. The molecular weight excluding hydrogens is 260 g/mol. The van der Waals surface area contributed by atoms with Crippen LogP contribution in [0.4, 0.5) is 17.5 Å². The monoisotopic (exact) mass is 280 g/mol. The number of hydrogen-bond acceptors (Lipinski definition) is 7. The third-order valence-electron chi connectivity index (χ3n) is 3.81. The van der Waals surface area contributed by atoms with Gasteiger partial charge in [-0.15, -0.1) is 0 Å². The lowest BCUT2D eigenvalue weighted by Gasteiger charge is -2.31. The van der Waals surface area contributed by atoms with Gasteiger partial charge in [0.05, 0.1) is 4.92 Å². The number of hydrazine groups is 1. The molecule has 0 aromatic carbocycles. The Kier molecular flexibility index (Phi) is 4.33. The molecule has 0 unspecified atom stereocenters. The Morgan fingerprint density at radius 2 is 2.00 bits per heavy atom. The maximum atomic E-state index is 11.3. The molecule has 0 aliphatic heterocycles. The lowest BCUT2D eigenvalue weighted by Crippen LogP contribution is -2.35. The van der Waals surface area contributed by atoms with Crippen LogP contribution < -0.4 is 16.2 Å². The van der Waals surface area contributed by atoms with E-state index < -0.39 is 4.92 Å². The van der Waals surface area contributed by atoms with Crippen LogP contribution in [0.1, 0.15) is 37.8 Å². The fraction of sp³-hybridized carbons (Fsp3) is 0.667. The first kappa shape index (κ1) is 14.4. The minimum absolute atomic E-state index is 0.0444. The molecule has 1 aliphatic rings. The number of anilines is 2. The van der Waals surface area contributed by atoms with Crippen LogP contribution in [0.25, 0.3) is 0 Å². The topological polar surface area (TPSA) is 110 Å². The van der Waals surface area contributed by atoms with E-state index in [2.05, 4.69) is 15.4 Å². The quantitative estimate of drug-likeness (QED) is 0.491. The molecule has 1 aromatic heterocycles. The first-order valence-corrected chi connectivity index (χ1v) is 6.77. The van der Waals surface area contributed by atoms with Crippen molar-refractivity contribution in [3.8, 4) is 0 Å². The van der Waals surface area contributed by atoms with Crippen LogP contribution in [-0.4, -0.2) is 28.0 Å². The van der Waals surface area contributed by atoms with Gasteiger partial charge in [-0.3, -0.25) is 15.5 Å². The summed E-state index contributed by atoms with van der Waals surface area (Å²) in [5, 5.41) is 11.3. The van der Waals surface area contributed by atoms with Crippen molar-refractivity contribution in [3.05, 3.63) is 15.8 Å². The van der Waals surface area contributed by atoms with E-state index in [0.29, 0.717) is 11.5 Å². The third kappa shape index (κ3) is 2.79. The fourth-order valence-electron chi connectivity index (χ4n) is 2.72. The fourth-order valence-corrected chi connectivity index (χ4v) is 2.72. The SMILES string of the molecule is Cc1nc(NN)nc(N(C)C2CCCCC2)c1[N+](=O)[O-]. The molecule has 1 aliphatic carbocycles. The average molecular weight is 280 g/mol. The highest BCUT2D eigenvalue weighted by Crippen LogP contribution is 2.33. The molecule has 0 saturated heterocycles. The van der Waals surface area contributed by atoms with Gasteiger partial charge in [0.1, 0.15) is 5.69 Å². The van der Waals surface area contributed by atoms with E-state index in [9.17, 15) is 10.1 Å². The Balaban J connectivity index is 2.41. The van der Waals surface area contributed by atoms with E-state index in [4.69, 9.17) is 5.84 Å². The number of rotatable bonds is 4. The summed E-state index contributed by atoms with van der Waals surface area (Å²) in [7, 11) is 1.85. The smallest absolute Gasteiger partial charge is 0.332 e. The van der Waals surface area contributed by atoms with Crippen LogP contribution in [0.15, 0.2) is 0 Å². The molecule has 0 spiro atoms. The Morgan fingerprint density at radius 1 is 1.35 bits per heavy atom. The summed E-state index contributed by atoms with van der Waals surface area (Å²) in [4.78, 5) is 20.9. The number of aromatic nitrogens is 2. The molecule has 3 N–H and O–H groups in total. The molecule has 0 bridgehead atoms. The molecule has 2 rings (SSSR count). The zero-order valence-electron chi connectivity index (χ0n) is 11.8. The minimum Gasteiger partial charge on any atom is -0.351 e. The van der Waals surface area contributed by atoms with Crippen LogP contribution in [0, 0.1) is 17.0 Å². The summed E-state index contributed by atoms with van der Waals surface area (Å²) in [5.41, 5.74) is 2.63. The van der Waals surface area contributed by atoms with Gasteiger partial charge in [-0.2, -0.15) is 4.98 Å². The van der Waals surface area contributed by atoms with Gasteiger partial charge >= 0.3 is 5.69 Å². The van der Waals surface area contributed by atoms with Gasteiger partial charge < -0.3 is 4.90 Å². The Bertz CT molecular complexity index is 501. The predicted octanol–water partition coefficient (Wildman–Crippen LogP) is 1.75. The van der Waals surface area contributed by atoms with Crippen molar-refractivity contribution in [2.24, 2.45) is 5.84 Å². The van der Waals surface area contributed by atoms with Crippen molar-refractivity contribution < 1.29 is 4.92 Å². The van der Waals surface area contributed by atoms with E-state index >= 15 is 0 Å². The largest absolute Gasteiger partial charge is 0.351 e. The molecular formula is C12H20N6O2. The standard InChI is InChI=1S/C12H20N6O2/c1-8-10(18(19)20)11(15-12(14-8)16-13)17(2)9-6-4-3-5-7-9/h9H,3-7,13H2,1-2H3,(H,14,15,16). The van der Waals surface area contributed by atoms with Gasteiger partial charge in [0.15, 0.2) is 0 Å². The Hall–Kier alpha value is -1.96. The number of nitrogens with two attached hydrogens (primary N) is 1. The normalized spacial score (nSPS) is 15.9. The molecule has 1 saturated carbocycles. The molecule has 0 atom stereocenters. The van der Waals surface area contributed by atoms with E-state index in [-0.39, 0.29) is 17.7 Å². The van der Waals surface area contributed by atoms with Gasteiger partial charge in [0.25, 0.3) is 0 Å². The highest BCUT2D eigenvalue weighted by Gasteiger charge is 2.29. The van der Waals surface area contributed by atoms with E-state index in [1.807, 2.05) is 11.9 Å². The second kappa shape index (κ2) is 6.00. The van der Waals surface area contributed by atoms with Crippen molar-refractivity contribution in [1.82, 2.24) is 9.97 Å². The van der Waals surface area contributed by atoms with Crippen LogP contribution in [-0.2, 0) is 0 Å². The van der Waals surface area contributed by atoms with Gasteiger partial charge in [0, 0.05) is 13.1 Å². The first-order chi connectivity index (χ1) is 9.54. The Morgan fingerprint density at radius 3 is 2.55 bits per heavy atom. The van der Waals surface area contributed by atoms with Crippen molar-refractivity contribution in [1.29, 1.82) is 0 Å². The molecule has 8 heteroatoms. The molecule has 110 valence electrons. The van der Waals surface area contributed by atoms with E-state index in [1.54, 1.807) is 6.92 Å². The highest BCUT2D eigenvalue weighted by atomic mass is 16.6. The summed E-state index contributed by atoms with van der Waals surface area (Å²) in [6, 6.07) is 0.280. The number of nitrogen functional groups attached to an aromatic ring is 1.